The van der Waals surface area contributed by atoms with E-state index in [0.29, 0.717) is 40.5 Å². The molecule has 0 bridgehead atoms. The van der Waals surface area contributed by atoms with Crippen molar-refractivity contribution in [1.82, 2.24) is 40.6 Å². The first-order chi connectivity index (χ1) is 39.6. The number of thiazole rings is 2. The number of rotatable bonds is 18. The van der Waals surface area contributed by atoms with E-state index in [-0.39, 0.29) is 63.7 Å². The molecule has 21 heteroatoms. The average molecular weight is 1180 g/mol. The summed E-state index contributed by atoms with van der Waals surface area (Å²) in [6, 6.07) is 15.2. The molecule has 3 fully saturated rings. The van der Waals surface area contributed by atoms with Crippen LogP contribution in [0.3, 0.4) is 0 Å². The number of aliphatic hydroxyl groups excluding tert-OH is 2. The Kier molecular flexibility index (Phi) is 17.5. The number of carbonyl (C=O) groups is 6. The molecule has 4 aliphatic rings. The molecular weight excluding hydrogens is 1110 g/mol. The number of likely N-dealkylation sites (tertiary alicyclic amines) is 2. The first-order valence-corrected chi connectivity index (χ1v) is 30.4. The lowest BCUT2D eigenvalue weighted by atomic mass is 9.84. The molecule has 9 rings (SSSR count). The summed E-state index contributed by atoms with van der Waals surface area (Å²) in [7, 11) is 0. The van der Waals surface area contributed by atoms with Crippen LogP contribution in [0.1, 0.15) is 133 Å². The molecule has 0 radical (unpaired) electrons. The molecule has 3 aliphatic heterocycles. The Hall–Kier alpha value is -7.25. The number of hydrogen-bond donors (Lipinski definition) is 5. The molecule has 5 heterocycles. The maximum atomic E-state index is 14.9. The monoisotopic (exact) mass is 1180 g/mol. The number of nitrogens with one attached hydrogen (secondary N) is 3. The van der Waals surface area contributed by atoms with Crippen molar-refractivity contribution in [3.8, 4) is 49.0 Å². The van der Waals surface area contributed by atoms with Gasteiger partial charge in [-0.15, -0.1) is 22.7 Å². The van der Waals surface area contributed by atoms with Gasteiger partial charge in [-0.25, -0.2) is 9.97 Å². The van der Waals surface area contributed by atoms with Gasteiger partial charge in [0.05, 0.1) is 57.1 Å². The molecule has 6 atom stereocenters. The number of aliphatic hydroxyl groups is 2. The van der Waals surface area contributed by atoms with E-state index < -0.39 is 82.2 Å². The van der Waals surface area contributed by atoms with Gasteiger partial charge in [0, 0.05) is 67.8 Å². The van der Waals surface area contributed by atoms with E-state index in [1.165, 1.54) is 32.5 Å². The normalized spacial score (nSPS) is 19.9. The highest BCUT2D eigenvalue weighted by molar-refractivity contribution is 7.18. The van der Waals surface area contributed by atoms with E-state index >= 15 is 0 Å². The Morgan fingerprint density at radius 1 is 0.750 bits per heavy atom. The molecule has 2 aromatic heterocycles. The van der Waals surface area contributed by atoms with Crippen molar-refractivity contribution < 1.29 is 48.5 Å². The third kappa shape index (κ3) is 12.9. The molecule has 1 aliphatic carbocycles. The van der Waals surface area contributed by atoms with E-state index in [2.05, 4.69) is 27.0 Å². The number of aryl methyl sites for hydroxylation is 2. The Morgan fingerprint density at radius 3 is 1.77 bits per heavy atom. The fourth-order valence-electron chi connectivity index (χ4n) is 11.4. The summed E-state index contributed by atoms with van der Waals surface area (Å²) in [6.07, 6.45) is -1.37. The smallest absolute Gasteiger partial charge is 0.255 e. The largest absolute Gasteiger partial charge is 0.491 e. The van der Waals surface area contributed by atoms with E-state index in [1.54, 1.807) is 37.2 Å². The van der Waals surface area contributed by atoms with Crippen LogP contribution in [0.4, 0.5) is 0 Å². The van der Waals surface area contributed by atoms with Gasteiger partial charge in [0.2, 0.25) is 29.5 Å². The van der Waals surface area contributed by atoms with Crippen LogP contribution in [0.2, 0.25) is 0 Å². The minimum Gasteiger partial charge on any atom is -0.491 e. The average Bonchev–Trinajstić information content (AvgIpc) is 2.26. The zero-order valence-corrected chi connectivity index (χ0v) is 51.5. The number of β-amino-alcohol motifs (C(OH)–C–C–N with tert-alkyl or cyclic N) is 2. The Labute approximate surface area is 499 Å². The van der Waals surface area contributed by atoms with Crippen molar-refractivity contribution in [2.75, 3.05) is 13.1 Å². The van der Waals surface area contributed by atoms with Crippen LogP contribution in [-0.4, -0.2) is 132 Å². The van der Waals surface area contributed by atoms with E-state index in [4.69, 9.17) is 14.5 Å². The number of ether oxygens (including phenoxy) is 2. The summed E-state index contributed by atoms with van der Waals surface area (Å²) in [5.74, 6) is -1.49. The minimum absolute atomic E-state index is 0.0118. The van der Waals surface area contributed by atoms with E-state index in [0.717, 1.165) is 49.0 Å². The lowest BCUT2D eigenvalue weighted by molar-refractivity contribution is -0.145. The van der Waals surface area contributed by atoms with Gasteiger partial charge in [-0.2, -0.15) is 5.26 Å². The van der Waals surface area contributed by atoms with Gasteiger partial charge in [-0.3, -0.25) is 28.8 Å². The second-order valence-corrected chi connectivity index (χ2v) is 27.3. The van der Waals surface area contributed by atoms with Crippen LogP contribution in [0.5, 0.6) is 11.5 Å². The highest BCUT2D eigenvalue weighted by Gasteiger charge is 2.54. The van der Waals surface area contributed by atoms with Crippen LogP contribution < -0.4 is 25.4 Å². The van der Waals surface area contributed by atoms with E-state index in [9.17, 15) is 44.2 Å². The van der Waals surface area contributed by atoms with Gasteiger partial charge in [-0.05, 0) is 106 Å². The lowest BCUT2D eigenvalue weighted by Gasteiger charge is -2.40. The standard InChI is InChI=1S/C63H77N9O10S2/c1-33(2)81-48-22-37(50-35(5)67-32-83-50)13-15-40(48)26-66-55(76)47-25-44(74)30-71(47)59(79)53(62(10,11)12)72-28-42-21-39(17-18-45(42)57(72)77)56-68-36(6)51(84-56)38-14-16-41(49(23-38)82-34(3)4)27-65-54(75)46-24-43(73)29-70(46)58(78)52(61(7,8)9)69-60(80)63(31-64)19-20-63/h13-18,21-23,32-34,43-44,46-47,52-53,73-74H,19-20,24-30H2,1-12H3,(H,65,75)(H,66,76)(H,69,80)/t43-,44-,46?,47?,52-,53-/m1/s1. The van der Waals surface area contributed by atoms with Crippen LogP contribution in [0.25, 0.3) is 31.5 Å². The first-order valence-electron chi connectivity index (χ1n) is 28.7. The van der Waals surface area contributed by atoms with Crippen molar-refractivity contribution in [3.63, 3.8) is 0 Å². The maximum absolute atomic E-state index is 14.9. The summed E-state index contributed by atoms with van der Waals surface area (Å²) in [4.78, 5) is 100. The molecule has 5 aromatic rings. The number of hydrogen-bond acceptors (Lipinski definition) is 15. The summed E-state index contributed by atoms with van der Waals surface area (Å²) >= 11 is 3.01. The van der Waals surface area contributed by atoms with Crippen molar-refractivity contribution >= 4 is 58.1 Å². The predicted octanol–water partition coefficient (Wildman–Crippen LogP) is 7.85. The zero-order chi connectivity index (χ0) is 60.9. The molecule has 5 N–H and O–H groups in total. The topological polar surface area (TPSA) is 257 Å². The number of benzene rings is 3. The highest BCUT2D eigenvalue weighted by Crippen LogP contribution is 2.46. The van der Waals surface area contributed by atoms with Crippen molar-refractivity contribution in [2.24, 2.45) is 16.2 Å². The van der Waals surface area contributed by atoms with Crippen molar-refractivity contribution in [1.29, 1.82) is 5.26 Å². The number of fused-ring (bicyclic) bond motifs is 1. The molecular formula is C63H77N9O10S2. The summed E-state index contributed by atoms with van der Waals surface area (Å²) in [5, 5.41) is 40.9. The van der Waals surface area contributed by atoms with Gasteiger partial charge in [0.1, 0.15) is 46.1 Å². The molecule has 2 unspecified atom stereocenters. The van der Waals surface area contributed by atoms with Crippen LogP contribution in [0, 0.1) is 41.4 Å². The van der Waals surface area contributed by atoms with Gasteiger partial charge < -0.3 is 50.3 Å². The highest BCUT2D eigenvalue weighted by atomic mass is 32.1. The quantitative estimate of drug-likeness (QED) is 0.0561. The summed E-state index contributed by atoms with van der Waals surface area (Å²) < 4.78 is 12.5. The van der Waals surface area contributed by atoms with Gasteiger partial charge in [0.15, 0.2) is 0 Å². The second kappa shape index (κ2) is 24.0. The molecule has 1 saturated carbocycles. The third-order valence-electron chi connectivity index (χ3n) is 15.9. The summed E-state index contributed by atoms with van der Waals surface area (Å²) in [6.45, 7) is 22.8. The SMILES string of the molecule is Cc1ncsc1-c1ccc(CNC(=O)C2C[C@@H](O)CN2C(=O)[C@@H](N2Cc3cc(-c4nc(C)c(-c5ccc(CNC(=O)C6C[C@@H](O)CN6C(=O)[C@@H](NC(=O)C6(C#N)CC6)C(C)(C)C)c(OC(C)C)c5)s4)ccc3C2=O)C(C)(C)C)c(OC(C)C)c1. The predicted molar refractivity (Wildman–Crippen MR) is 319 cm³/mol. The van der Waals surface area contributed by atoms with Crippen molar-refractivity contribution in [3.05, 3.63) is 93.7 Å². The number of amides is 6. The fourth-order valence-corrected chi connectivity index (χ4v) is 13.3. The fraction of sp³-hybridized carbons (Fsp3) is 0.508. The Balaban J connectivity index is 0.881. The molecule has 84 heavy (non-hydrogen) atoms. The van der Waals surface area contributed by atoms with Crippen LogP contribution in [-0.2, 0) is 43.6 Å². The van der Waals surface area contributed by atoms with E-state index in [1.807, 2.05) is 111 Å². The lowest BCUT2D eigenvalue weighted by Crippen LogP contribution is -2.58. The Morgan fingerprint density at radius 2 is 1.29 bits per heavy atom. The number of nitriles is 1. The number of aromatic nitrogens is 2. The number of nitrogens with zero attached hydrogens (tertiary/aromatic N) is 6. The number of carbonyl (C=O) groups excluding carboxylic acids is 6. The van der Waals surface area contributed by atoms with Gasteiger partial charge in [0.25, 0.3) is 5.91 Å². The minimum atomic E-state index is -1.15. The molecule has 0 spiro atoms. The third-order valence-corrected chi connectivity index (χ3v) is 18.1. The molecule has 3 aromatic carbocycles. The molecule has 6 amide bonds. The molecule has 2 saturated heterocycles. The summed E-state index contributed by atoms with van der Waals surface area (Å²) in [5.41, 5.74) is 5.96. The zero-order valence-electron chi connectivity index (χ0n) is 49.9. The molecule has 19 nitrogen and oxygen atoms in total. The van der Waals surface area contributed by atoms with Crippen molar-refractivity contribution in [2.45, 2.75) is 177 Å². The molecule has 446 valence electrons. The van der Waals surface area contributed by atoms with Crippen LogP contribution in [0.15, 0.2) is 60.1 Å². The van der Waals surface area contributed by atoms with Gasteiger partial charge in [-0.1, -0.05) is 71.9 Å². The second-order valence-electron chi connectivity index (χ2n) is 25.4. The maximum Gasteiger partial charge on any atom is 0.255 e. The first kappa shape index (κ1) is 61.3. The Bertz CT molecular complexity index is 3420. The van der Waals surface area contributed by atoms with Crippen LogP contribution >= 0.6 is 22.7 Å². The van der Waals surface area contributed by atoms with Gasteiger partial charge >= 0.3 is 0 Å².